The van der Waals surface area contributed by atoms with Crippen molar-refractivity contribution in [1.82, 2.24) is 106 Å². The van der Waals surface area contributed by atoms with E-state index in [2.05, 4.69) is 101 Å². The largest absolute Gasteiger partial charge is 0.481 e. The van der Waals surface area contributed by atoms with Gasteiger partial charge in [0.2, 0.25) is 112 Å². The molecule has 1 heterocycles. The number of nitrogens with one attached hydrogen (secondary N) is 20. The quantitative estimate of drug-likeness (QED) is 0.0288. The highest BCUT2D eigenvalue weighted by Crippen LogP contribution is 2.18. The SMILES string of the molecule is CC(C)C[C@H](NC(=O)[C@H](CO)NC(=O)[C@@H](NC(=O)[C@H](CCC(=O)O)NC(=O)[C@H](Cc1ccccc1)NC(=O)[C@@H]1CCCN1)C(C)C)C(=O)N[C@H](C(=O)N[C@H](C(=O)N[C@@H](CO)C(=O)N[C@H](C(=O)N[C@@H](C)C(=O)N[C@H](C(=O)N[C@H](C(=O)N[C@H](C(=O)N[C@H](C(=O)N[C@@H](CC(=O)O)C(=O)N[C@H](C(=O)N[C@@H](CC(C)C)C(=O)N[C@@H](CC(=O)O)C(=O)N[C@H](C(=O)O)C(C)C)C(C)C)C(C)C)[C@@H](C)O)C(C)C)[C@@H](C)O)[C@@H](C)O)[C@@H](C)O)[C@@H](C)O. The third-order valence-electron chi connectivity index (χ3n) is 23.2. The first kappa shape index (κ1) is 130. The molecule has 1 fully saturated rings. The van der Waals surface area contributed by atoms with Crippen LogP contribution in [-0.4, -0.2) is 363 Å². The third kappa shape index (κ3) is 44.1. The molecule has 0 bridgehead atoms. The minimum Gasteiger partial charge on any atom is -0.481 e. The van der Waals surface area contributed by atoms with E-state index in [1.54, 1.807) is 58.0 Å². The average Bonchev–Trinajstić information content (AvgIpc) is 1.77. The number of benzene rings is 1. The topological polar surface area (TPSA) is 856 Å². The monoisotopic (exact) mass is 2090 g/mol. The van der Waals surface area contributed by atoms with Crippen LogP contribution in [0.3, 0.4) is 0 Å². The van der Waals surface area contributed by atoms with Crippen LogP contribution in [0.4, 0.5) is 0 Å². The van der Waals surface area contributed by atoms with Crippen molar-refractivity contribution in [1.29, 1.82) is 0 Å². The average molecular weight is 2090 g/mol. The summed E-state index contributed by atoms with van der Waals surface area (Å²) >= 11 is 0. The zero-order valence-corrected chi connectivity index (χ0v) is 86.2. The van der Waals surface area contributed by atoms with Crippen LogP contribution in [0.25, 0.3) is 0 Å². The Labute approximate surface area is 850 Å². The second-order valence-corrected chi connectivity index (χ2v) is 38.9. The van der Waals surface area contributed by atoms with Crippen molar-refractivity contribution < 1.29 is 166 Å². The van der Waals surface area contributed by atoms with E-state index < -0.39 is 362 Å². The van der Waals surface area contributed by atoms with Gasteiger partial charge in [-0.05, 0) is 127 Å². The summed E-state index contributed by atoms with van der Waals surface area (Å²) in [5.74, 6) is -33.6. The Morgan fingerprint density at radius 1 is 0.286 bits per heavy atom. The maximum atomic E-state index is 14.2. The molecular formula is C93H152N20O34. The number of rotatable bonds is 64. The summed E-state index contributed by atoms with van der Waals surface area (Å²) in [5.41, 5.74) is 0.623. The molecule has 19 amide bonds. The van der Waals surface area contributed by atoms with Crippen LogP contribution in [0.1, 0.15) is 195 Å². The minimum absolute atomic E-state index is 0.0452. The number of hydrogen-bond acceptors (Lipinski definition) is 31. The van der Waals surface area contributed by atoms with Crippen LogP contribution < -0.4 is 106 Å². The summed E-state index contributed by atoms with van der Waals surface area (Å²) in [4.78, 5) is 313. The van der Waals surface area contributed by atoms with Crippen molar-refractivity contribution >= 4 is 136 Å². The van der Waals surface area contributed by atoms with Gasteiger partial charge in [-0.3, -0.25) is 105 Å². The predicted molar refractivity (Wildman–Crippen MR) is 518 cm³/mol. The summed E-state index contributed by atoms with van der Waals surface area (Å²) in [6.07, 6.45) is -11.9. The van der Waals surface area contributed by atoms with E-state index in [-0.39, 0.29) is 25.2 Å². The predicted octanol–water partition coefficient (Wildman–Crippen LogP) is -9.63. The third-order valence-corrected chi connectivity index (χ3v) is 23.2. The molecule has 0 radical (unpaired) electrons. The number of amides is 19. The van der Waals surface area contributed by atoms with Crippen LogP contribution in [-0.2, 0) is 117 Å². The fraction of sp³-hybridized carbons (Fsp3) is 0.688. The molecule has 1 aromatic carbocycles. The fourth-order valence-corrected chi connectivity index (χ4v) is 14.8. The molecule has 54 heteroatoms. The lowest BCUT2D eigenvalue weighted by Gasteiger charge is -2.31. The first-order valence-corrected chi connectivity index (χ1v) is 48.4. The van der Waals surface area contributed by atoms with Crippen LogP contribution in [0.5, 0.6) is 0 Å². The zero-order valence-electron chi connectivity index (χ0n) is 86.2. The van der Waals surface area contributed by atoms with Gasteiger partial charge in [0.25, 0.3) is 0 Å². The highest BCUT2D eigenvalue weighted by molar-refractivity contribution is 6.03. The maximum absolute atomic E-state index is 14.2. The van der Waals surface area contributed by atoms with Crippen LogP contribution in [0.15, 0.2) is 30.3 Å². The number of hydrogen-bond donors (Lipinski definition) is 31. The Bertz CT molecular complexity index is 4680. The van der Waals surface area contributed by atoms with Gasteiger partial charge in [-0.2, -0.15) is 0 Å². The summed E-state index contributed by atoms with van der Waals surface area (Å²) in [6.45, 7) is 24.9. The van der Waals surface area contributed by atoms with Gasteiger partial charge in [-0.25, -0.2) is 4.79 Å². The Balaban J connectivity index is 2.30. The van der Waals surface area contributed by atoms with Gasteiger partial charge in [0.15, 0.2) is 0 Å². The van der Waals surface area contributed by atoms with E-state index in [4.69, 9.17) is 0 Å². The number of aliphatic hydroxyl groups is 7. The van der Waals surface area contributed by atoms with E-state index in [0.29, 0.717) is 24.9 Å². The highest BCUT2D eigenvalue weighted by atomic mass is 16.4. The molecule has 0 spiro atoms. The van der Waals surface area contributed by atoms with Crippen molar-refractivity contribution in [2.24, 2.45) is 41.4 Å². The molecule has 0 aliphatic carbocycles. The molecule has 1 aliphatic heterocycles. The lowest BCUT2D eigenvalue weighted by atomic mass is 9.98. The van der Waals surface area contributed by atoms with Gasteiger partial charge in [0, 0.05) is 12.8 Å². The molecule has 1 saturated heterocycles. The van der Waals surface area contributed by atoms with Crippen molar-refractivity contribution in [2.45, 2.75) is 348 Å². The molecule has 828 valence electrons. The number of carbonyl (C=O) groups is 23. The number of aliphatic carboxylic acids is 4. The van der Waals surface area contributed by atoms with Gasteiger partial charge in [0.1, 0.15) is 115 Å². The Hall–Kier alpha value is -13.3. The summed E-state index contributed by atoms with van der Waals surface area (Å²) < 4.78 is 0. The molecule has 0 aromatic heterocycles. The number of aliphatic hydroxyl groups excluding tert-OH is 7. The first-order chi connectivity index (χ1) is 68.3. The first-order valence-electron chi connectivity index (χ1n) is 48.4. The standard InChI is InChI=1S/C93H152N20O34/c1-38(2)31-54(77(130)99-57(34-62(123)124)81(134)108-68(44(13)14)93(146)147)100-84(137)64(40(5)6)105-80(133)58(35-63(125)126)101-85(138)66(42(9)10)106-91(144)73(50(20)120)112-87(140)67(43(11)12)107-90(143)71(48(18)118)109-74(127)45(15)95-88(141)69(46(16)116)111-83(136)60(37-115)103-89(142)70(47(17)117)113-92(145)72(49(19)119)110-79(132)55(32-39(3)4)97-82(135)59(36-114)102-86(139)65(41(7)8)104-76(129)53(28-29-61(121)122)96-78(131)56(33-51-25-22-21-23-26-51)98-75(128)52-27-24-30-94-52/h21-23,25-26,38-50,52-60,64-73,94,114-120H,24,27-37H2,1-20H3,(H,95,141)(H,96,131)(H,97,135)(H,98,128)(H,99,130)(H,100,137)(H,101,138)(H,102,139)(H,103,142)(H,104,129)(H,105,133)(H,106,144)(H,107,143)(H,108,134)(H,109,127)(H,110,132)(H,111,136)(H,112,140)(H,113,145)(H,121,122)(H,123,124)(H,125,126)(H,146,147)/t45-,46+,47+,48+,49+,50+,52-,53-,54-,55-,56-,57-,58-,59-,60-,64-,65-,66-,67-,68-,69-,70-,71-,72-,73-/m0/s1. The van der Waals surface area contributed by atoms with Gasteiger partial charge < -0.3 is 163 Å². The van der Waals surface area contributed by atoms with Crippen LogP contribution in [0.2, 0.25) is 0 Å². The molecule has 1 aromatic rings. The lowest BCUT2D eigenvalue weighted by molar-refractivity contribution is -0.145. The van der Waals surface area contributed by atoms with Crippen molar-refractivity contribution in [3.8, 4) is 0 Å². The second kappa shape index (κ2) is 62.6. The molecular weight excluding hydrogens is 1940 g/mol. The molecule has 0 unspecified atom stereocenters. The molecule has 1 aliphatic rings. The number of carbonyl (C=O) groups excluding carboxylic acids is 19. The number of carboxylic acid groups (broad SMARTS) is 4. The van der Waals surface area contributed by atoms with Gasteiger partial charge in [0.05, 0.1) is 62.6 Å². The van der Waals surface area contributed by atoms with Crippen LogP contribution in [0, 0.1) is 41.4 Å². The zero-order chi connectivity index (χ0) is 112. The molecule has 25 atom stereocenters. The fourth-order valence-electron chi connectivity index (χ4n) is 14.8. The molecule has 54 nitrogen and oxygen atoms in total. The Kier molecular flexibility index (Phi) is 55.3. The highest BCUT2D eigenvalue weighted by Gasteiger charge is 2.45. The Morgan fingerprint density at radius 3 is 0.878 bits per heavy atom. The van der Waals surface area contributed by atoms with Crippen molar-refractivity contribution in [2.75, 3.05) is 19.8 Å². The van der Waals surface area contributed by atoms with E-state index in [9.17, 15) is 166 Å². The lowest BCUT2D eigenvalue weighted by Crippen LogP contribution is -2.64. The van der Waals surface area contributed by atoms with E-state index >= 15 is 0 Å². The van der Waals surface area contributed by atoms with E-state index in [1.165, 1.54) is 69.2 Å². The normalized spacial score (nSPS) is 17.4. The van der Waals surface area contributed by atoms with Gasteiger partial charge >= 0.3 is 23.9 Å². The minimum atomic E-state index is -2.13. The molecule has 31 N–H and O–H groups in total. The van der Waals surface area contributed by atoms with E-state index in [0.717, 1.165) is 41.5 Å². The van der Waals surface area contributed by atoms with Crippen LogP contribution >= 0.6 is 0 Å². The van der Waals surface area contributed by atoms with Crippen molar-refractivity contribution in [3.63, 3.8) is 0 Å². The molecule has 147 heavy (non-hydrogen) atoms. The van der Waals surface area contributed by atoms with Crippen molar-refractivity contribution in [3.05, 3.63) is 35.9 Å². The summed E-state index contributed by atoms with van der Waals surface area (Å²) in [5, 5.41) is 161. The molecule has 2 rings (SSSR count). The second-order valence-electron chi connectivity index (χ2n) is 38.9. The number of carboxylic acids is 4. The summed E-state index contributed by atoms with van der Waals surface area (Å²) in [7, 11) is 0. The molecule has 0 saturated carbocycles. The van der Waals surface area contributed by atoms with E-state index in [1.807, 2.05) is 5.32 Å². The maximum Gasteiger partial charge on any atom is 0.326 e. The van der Waals surface area contributed by atoms with Gasteiger partial charge in [-0.1, -0.05) is 127 Å². The van der Waals surface area contributed by atoms with Gasteiger partial charge in [-0.15, -0.1) is 0 Å². The smallest absolute Gasteiger partial charge is 0.326 e. The Morgan fingerprint density at radius 2 is 0.544 bits per heavy atom. The summed E-state index contributed by atoms with van der Waals surface area (Å²) in [6, 6.07) is -26.2.